The van der Waals surface area contributed by atoms with Crippen molar-refractivity contribution in [2.24, 2.45) is 5.73 Å². The molecule has 6 heteroatoms. The minimum absolute atomic E-state index is 0.0673. The Morgan fingerprint density at radius 3 is 2.40 bits per heavy atom. The Hall–Kier alpha value is -1.56. The Bertz CT molecular complexity index is 427. The van der Waals surface area contributed by atoms with Gasteiger partial charge in [0.05, 0.1) is 5.56 Å². The lowest BCUT2D eigenvalue weighted by atomic mass is 10.1. The summed E-state index contributed by atoms with van der Waals surface area (Å²) in [6, 6.07) is 4.82. The molecule has 0 fully saturated rings. The molecule has 112 valence electrons. The minimum Gasteiger partial charge on any atom is -0.352 e. The van der Waals surface area contributed by atoms with E-state index in [0.717, 1.165) is 18.6 Å². The van der Waals surface area contributed by atoms with Gasteiger partial charge in [0.25, 0.3) is 0 Å². The van der Waals surface area contributed by atoms with Crippen molar-refractivity contribution in [3.63, 3.8) is 0 Å². The van der Waals surface area contributed by atoms with E-state index < -0.39 is 11.7 Å². The van der Waals surface area contributed by atoms with Crippen LogP contribution in [0.4, 0.5) is 13.2 Å². The van der Waals surface area contributed by atoms with Gasteiger partial charge in [-0.2, -0.15) is 13.2 Å². The van der Waals surface area contributed by atoms with Crippen molar-refractivity contribution in [2.75, 3.05) is 0 Å². The number of alkyl halides is 3. The number of benzene rings is 1. The monoisotopic (exact) mass is 288 g/mol. The average Bonchev–Trinajstić information content (AvgIpc) is 2.35. The van der Waals surface area contributed by atoms with Crippen LogP contribution in [0.5, 0.6) is 0 Å². The first-order valence-electron chi connectivity index (χ1n) is 6.47. The fourth-order valence-corrected chi connectivity index (χ4v) is 1.69. The van der Waals surface area contributed by atoms with Crippen molar-refractivity contribution in [3.8, 4) is 0 Å². The fourth-order valence-electron chi connectivity index (χ4n) is 1.69. The first-order chi connectivity index (χ1) is 9.29. The van der Waals surface area contributed by atoms with Gasteiger partial charge in [0.1, 0.15) is 0 Å². The second kappa shape index (κ2) is 7.28. The molecule has 0 saturated carbocycles. The van der Waals surface area contributed by atoms with Gasteiger partial charge in [0.2, 0.25) is 5.91 Å². The normalized spacial score (nSPS) is 13.1. The molecule has 1 atom stereocenters. The van der Waals surface area contributed by atoms with Crippen molar-refractivity contribution in [3.05, 3.63) is 35.4 Å². The number of carbonyl (C=O) groups excluding carboxylic acids is 1. The number of amides is 1. The molecule has 0 heterocycles. The number of hydrogen-bond donors (Lipinski definition) is 2. The largest absolute Gasteiger partial charge is 0.416 e. The molecule has 1 rings (SSSR count). The number of nitrogens with two attached hydrogens (primary N) is 1. The van der Waals surface area contributed by atoms with Crippen molar-refractivity contribution in [2.45, 2.75) is 44.9 Å². The zero-order valence-electron chi connectivity index (χ0n) is 11.3. The van der Waals surface area contributed by atoms with Gasteiger partial charge in [-0.25, -0.2) is 0 Å². The highest BCUT2D eigenvalue weighted by molar-refractivity contribution is 5.75. The molecule has 0 aliphatic heterocycles. The van der Waals surface area contributed by atoms with Crippen molar-refractivity contribution in [1.29, 1.82) is 0 Å². The Labute approximate surface area is 116 Å². The average molecular weight is 288 g/mol. The fraction of sp³-hybridized carbons (Fsp3) is 0.500. The van der Waals surface area contributed by atoms with E-state index in [1.54, 1.807) is 0 Å². The van der Waals surface area contributed by atoms with Crippen LogP contribution in [0.2, 0.25) is 0 Å². The highest BCUT2D eigenvalue weighted by atomic mass is 19.4. The van der Waals surface area contributed by atoms with Crippen LogP contribution in [-0.2, 0) is 17.5 Å². The van der Waals surface area contributed by atoms with E-state index in [0.29, 0.717) is 18.4 Å². The summed E-state index contributed by atoms with van der Waals surface area (Å²) in [7, 11) is 0. The predicted molar refractivity (Wildman–Crippen MR) is 70.8 cm³/mol. The van der Waals surface area contributed by atoms with Gasteiger partial charge in [-0.1, -0.05) is 12.1 Å². The Balaban J connectivity index is 2.37. The zero-order chi connectivity index (χ0) is 15.2. The van der Waals surface area contributed by atoms with E-state index in [2.05, 4.69) is 5.32 Å². The van der Waals surface area contributed by atoms with Crippen molar-refractivity contribution < 1.29 is 18.0 Å². The van der Waals surface area contributed by atoms with Gasteiger partial charge in [0.15, 0.2) is 0 Å². The van der Waals surface area contributed by atoms with Gasteiger partial charge in [-0.15, -0.1) is 0 Å². The Morgan fingerprint density at radius 2 is 1.90 bits per heavy atom. The van der Waals surface area contributed by atoms with Crippen LogP contribution in [0.25, 0.3) is 0 Å². The summed E-state index contributed by atoms with van der Waals surface area (Å²) in [5.41, 5.74) is 5.52. The molecule has 0 bridgehead atoms. The molecule has 3 N–H and O–H groups in total. The number of hydrogen-bond acceptors (Lipinski definition) is 2. The topological polar surface area (TPSA) is 55.1 Å². The third-order valence-corrected chi connectivity index (χ3v) is 2.83. The van der Waals surface area contributed by atoms with Gasteiger partial charge >= 0.3 is 6.18 Å². The Kier molecular flexibility index (Phi) is 6.01. The smallest absolute Gasteiger partial charge is 0.352 e. The number of nitrogens with one attached hydrogen (secondary N) is 1. The van der Waals surface area contributed by atoms with Crippen LogP contribution in [0.3, 0.4) is 0 Å². The molecule has 0 saturated heterocycles. The van der Waals surface area contributed by atoms with Crippen LogP contribution in [0.1, 0.15) is 37.3 Å². The first kappa shape index (κ1) is 16.5. The molecule has 0 aliphatic carbocycles. The zero-order valence-corrected chi connectivity index (χ0v) is 11.3. The molecule has 1 aromatic carbocycles. The quantitative estimate of drug-likeness (QED) is 0.845. The Morgan fingerprint density at radius 1 is 1.30 bits per heavy atom. The van der Waals surface area contributed by atoms with Crippen LogP contribution >= 0.6 is 0 Å². The van der Waals surface area contributed by atoms with E-state index >= 15 is 0 Å². The molecule has 20 heavy (non-hydrogen) atoms. The van der Waals surface area contributed by atoms with Gasteiger partial charge in [0, 0.05) is 19.0 Å². The first-order valence-corrected chi connectivity index (χ1v) is 6.47. The summed E-state index contributed by atoms with van der Waals surface area (Å²) in [6.07, 6.45) is -2.48. The highest BCUT2D eigenvalue weighted by Crippen LogP contribution is 2.28. The second-order valence-corrected chi connectivity index (χ2v) is 4.84. The molecule has 0 spiro atoms. The van der Waals surface area contributed by atoms with Gasteiger partial charge < -0.3 is 11.1 Å². The predicted octanol–water partition coefficient (Wildman–Crippen LogP) is 2.84. The summed E-state index contributed by atoms with van der Waals surface area (Å²) in [4.78, 5) is 11.5. The van der Waals surface area contributed by atoms with E-state index in [-0.39, 0.29) is 18.5 Å². The number of carbonyl (C=O) groups is 1. The number of halogens is 3. The summed E-state index contributed by atoms with van der Waals surface area (Å²) >= 11 is 0. The maximum absolute atomic E-state index is 12.4. The van der Waals surface area contributed by atoms with Crippen LogP contribution < -0.4 is 11.1 Å². The molecule has 3 nitrogen and oxygen atoms in total. The van der Waals surface area contributed by atoms with Crippen LogP contribution in [-0.4, -0.2) is 11.9 Å². The second-order valence-electron chi connectivity index (χ2n) is 4.84. The summed E-state index contributed by atoms with van der Waals surface area (Å²) in [5, 5.41) is 2.67. The molecular formula is C14H19F3N2O. The third kappa shape index (κ3) is 6.06. The van der Waals surface area contributed by atoms with Gasteiger partial charge in [-0.3, -0.25) is 4.79 Å². The lowest BCUT2D eigenvalue weighted by Gasteiger charge is -2.09. The molecule has 1 aromatic rings. The molecule has 0 aromatic heterocycles. The van der Waals surface area contributed by atoms with Crippen molar-refractivity contribution >= 4 is 5.91 Å². The maximum Gasteiger partial charge on any atom is 0.416 e. The third-order valence-electron chi connectivity index (χ3n) is 2.83. The standard InChI is InChI=1S/C14H19F3N2O/c1-10(18)3-2-4-13(20)19-9-11-5-7-12(8-6-11)14(15,16)17/h5-8,10H,2-4,9,18H2,1H3,(H,19,20). The molecule has 1 amide bonds. The molecular weight excluding hydrogens is 269 g/mol. The van der Waals surface area contributed by atoms with Crippen molar-refractivity contribution in [1.82, 2.24) is 5.32 Å². The lowest BCUT2D eigenvalue weighted by molar-refractivity contribution is -0.137. The number of rotatable bonds is 6. The van der Waals surface area contributed by atoms with Crippen LogP contribution in [0, 0.1) is 0 Å². The van der Waals surface area contributed by atoms with E-state index in [9.17, 15) is 18.0 Å². The molecule has 0 radical (unpaired) electrons. The maximum atomic E-state index is 12.4. The molecule has 1 unspecified atom stereocenters. The van der Waals surface area contributed by atoms with E-state index in [4.69, 9.17) is 5.73 Å². The highest BCUT2D eigenvalue weighted by Gasteiger charge is 2.29. The lowest BCUT2D eigenvalue weighted by Crippen LogP contribution is -2.23. The van der Waals surface area contributed by atoms with Crippen LogP contribution in [0.15, 0.2) is 24.3 Å². The minimum atomic E-state index is -4.33. The van der Waals surface area contributed by atoms with Gasteiger partial charge in [-0.05, 0) is 37.5 Å². The van der Waals surface area contributed by atoms with E-state index in [1.165, 1.54) is 12.1 Å². The summed E-state index contributed by atoms with van der Waals surface area (Å²) in [6.45, 7) is 2.11. The van der Waals surface area contributed by atoms with E-state index in [1.807, 2.05) is 6.92 Å². The molecule has 0 aliphatic rings. The summed E-state index contributed by atoms with van der Waals surface area (Å²) in [5.74, 6) is -0.120. The SMILES string of the molecule is CC(N)CCCC(=O)NCc1ccc(C(F)(F)F)cc1. The summed E-state index contributed by atoms with van der Waals surface area (Å²) < 4.78 is 37.1.